The maximum Gasteiger partial charge on any atom is 0.407 e. The van der Waals surface area contributed by atoms with Crippen molar-refractivity contribution in [2.24, 2.45) is 5.41 Å². The van der Waals surface area contributed by atoms with Gasteiger partial charge < -0.3 is 14.9 Å². The lowest BCUT2D eigenvalue weighted by Crippen LogP contribution is -2.55. The Morgan fingerprint density at radius 1 is 1.19 bits per heavy atom. The van der Waals surface area contributed by atoms with Gasteiger partial charge in [-0.1, -0.05) is 12.8 Å². The van der Waals surface area contributed by atoms with E-state index < -0.39 is 6.09 Å². The molecule has 4 rings (SSSR count). The van der Waals surface area contributed by atoms with E-state index in [0.717, 1.165) is 24.6 Å². The van der Waals surface area contributed by atoms with Crippen LogP contribution in [0, 0.1) is 5.41 Å². The van der Waals surface area contributed by atoms with Crippen molar-refractivity contribution in [3.05, 3.63) is 18.1 Å². The normalized spacial score (nSPS) is 24.0. The second-order valence-corrected chi connectivity index (χ2v) is 6.75. The van der Waals surface area contributed by atoms with Crippen molar-refractivity contribution < 1.29 is 9.90 Å². The van der Waals surface area contributed by atoms with E-state index >= 15 is 0 Å². The average molecular weight is 288 g/mol. The van der Waals surface area contributed by atoms with E-state index in [-0.39, 0.29) is 5.92 Å². The molecule has 1 amide bonds. The number of rotatable bonds is 2. The predicted molar refractivity (Wildman–Crippen MR) is 77.5 cm³/mol. The Labute approximate surface area is 123 Å². The largest absolute Gasteiger partial charge is 0.465 e. The molecule has 1 N–H and O–H groups in total. The molecule has 1 aromatic heterocycles. The van der Waals surface area contributed by atoms with Crippen LogP contribution in [-0.2, 0) is 0 Å². The summed E-state index contributed by atoms with van der Waals surface area (Å²) in [5.74, 6) is 1.17. The molecule has 0 atom stereocenters. The fourth-order valence-electron chi connectivity index (χ4n) is 3.89. The van der Waals surface area contributed by atoms with Crippen LogP contribution in [-0.4, -0.2) is 52.2 Å². The van der Waals surface area contributed by atoms with E-state index in [2.05, 4.69) is 14.9 Å². The summed E-state index contributed by atoms with van der Waals surface area (Å²) < 4.78 is 0. The zero-order chi connectivity index (χ0) is 14.4. The van der Waals surface area contributed by atoms with Crippen LogP contribution in [0.1, 0.15) is 37.3 Å². The van der Waals surface area contributed by atoms with E-state index in [1.54, 1.807) is 0 Å². The Hall–Kier alpha value is -1.85. The summed E-state index contributed by atoms with van der Waals surface area (Å²) in [6.07, 6.45) is 8.29. The van der Waals surface area contributed by atoms with Crippen LogP contribution in [0.5, 0.6) is 0 Å². The summed E-state index contributed by atoms with van der Waals surface area (Å²) in [6.45, 7) is 3.32. The van der Waals surface area contributed by atoms with E-state index in [9.17, 15) is 4.79 Å². The van der Waals surface area contributed by atoms with Gasteiger partial charge in [-0.25, -0.2) is 9.78 Å². The molecule has 0 bridgehead atoms. The predicted octanol–water partition coefficient (Wildman–Crippen LogP) is 1.93. The maximum atomic E-state index is 10.8. The summed E-state index contributed by atoms with van der Waals surface area (Å²) in [6, 6.07) is 0. The van der Waals surface area contributed by atoms with Gasteiger partial charge in [0.25, 0.3) is 0 Å². The van der Waals surface area contributed by atoms with Gasteiger partial charge in [0.05, 0.1) is 18.1 Å². The molecule has 3 heterocycles. The first kappa shape index (κ1) is 12.9. The second-order valence-electron chi connectivity index (χ2n) is 6.75. The minimum Gasteiger partial charge on any atom is -0.465 e. The van der Waals surface area contributed by atoms with Crippen molar-refractivity contribution in [1.82, 2.24) is 14.9 Å². The lowest BCUT2D eigenvalue weighted by atomic mass is 9.78. The van der Waals surface area contributed by atoms with E-state index in [4.69, 9.17) is 5.11 Å². The van der Waals surface area contributed by atoms with Crippen LogP contribution in [0.4, 0.5) is 10.6 Å². The van der Waals surface area contributed by atoms with Gasteiger partial charge >= 0.3 is 6.09 Å². The number of carboxylic acid groups (broad SMARTS) is 1. The molecule has 21 heavy (non-hydrogen) atoms. The molecule has 1 aliphatic carbocycles. The number of carbonyl (C=O) groups is 1. The molecule has 6 nitrogen and oxygen atoms in total. The first-order chi connectivity index (χ1) is 10.2. The van der Waals surface area contributed by atoms with Crippen molar-refractivity contribution in [3.8, 4) is 0 Å². The van der Waals surface area contributed by atoms with Gasteiger partial charge in [0.15, 0.2) is 0 Å². The smallest absolute Gasteiger partial charge is 0.407 e. The van der Waals surface area contributed by atoms with Crippen molar-refractivity contribution in [3.63, 3.8) is 0 Å². The minimum absolute atomic E-state index is 0.209. The summed E-state index contributed by atoms with van der Waals surface area (Å²) in [5.41, 5.74) is 1.48. The molecule has 1 spiro atoms. The summed E-state index contributed by atoms with van der Waals surface area (Å²) in [5, 5.41) is 8.84. The molecule has 3 fully saturated rings. The van der Waals surface area contributed by atoms with E-state index in [1.165, 1.54) is 30.6 Å². The van der Waals surface area contributed by atoms with Gasteiger partial charge in [0.1, 0.15) is 5.82 Å². The molecule has 0 aromatic carbocycles. The lowest BCUT2D eigenvalue weighted by molar-refractivity contribution is 0.104. The van der Waals surface area contributed by atoms with Crippen LogP contribution in [0.3, 0.4) is 0 Å². The molecule has 6 heteroatoms. The highest BCUT2D eigenvalue weighted by Crippen LogP contribution is 2.46. The van der Waals surface area contributed by atoms with Gasteiger partial charge in [-0.2, -0.15) is 0 Å². The van der Waals surface area contributed by atoms with Crippen LogP contribution in [0.2, 0.25) is 0 Å². The standard InChI is InChI=1S/C15H20N4O2/c20-14(21)18-7-11(8-18)12-5-17-13(6-16-12)19-9-15(10-19)3-1-2-4-15/h5-6,11H,1-4,7-10H2,(H,20,21). The van der Waals surface area contributed by atoms with Crippen molar-refractivity contribution in [2.75, 3.05) is 31.1 Å². The minimum atomic E-state index is -0.849. The number of aromatic nitrogens is 2. The monoisotopic (exact) mass is 288 g/mol. The number of hydrogen-bond donors (Lipinski definition) is 1. The molecular formula is C15H20N4O2. The number of likely N-dealkylation sites (tertiary alicyclic amines) is 1. The Bertz CT molecular complexity index is 539. The second kappa shape index (κ2) is 4.58. The van der Waals surface area contributed by atoms with Gasteiger partial charge in [-0.3, -0.25) is 4.98 Å². The summed E-state index contributed by atoms with van der Waals surface area (Å²) in [4.78, 5) is 23.5. The number of anilines is 1. The SMILES string of the molecule is O=C(O)N1CC(c2cnc(N3CC4(CCCC4)C3)cn2)C1. The molecule has 0 unspecified atom stereocenters. The van der Waals surface area contributed by atoms with Crippen LogP contribution in [0.15, 0.2) is 12.4 Å². The third-order valence-electron chi connectivity index (χ3n) is 5.27. The van der Waals surface area contributed by atoms with Gasteiger partial charge in [-0.15, -0.1) is 0 Å². The van der Waals surface area contributed by atoms with Crippen molar-refractivity contribution in [1.29, 1.82) is 0 Å². The molecule has 2 saturated heterocycles. The van der Waals surface area contributed by atoms with Crippen molar-refractivity contribution in [2.45, 2.75) is 31.6 Å². The number of nitrogens with zero attached hydrogens (tertiary/aromatic N) is 4. The average Bonchev–Trinajstić information content (AvgIpc) is 2.85. The maximum absolute atomic E-state index is 10.8. The summed E-state index contributed by atoms with van der Waals surface area (Å²) in [7, 11) is 0. The van der Waals surface area contributed by atoms with Gasteiger partial charge in [0, 0.05) is 37.5 Å². The molecule has 0 radical (unpaired) electrons. The molecule has 1 saturated carbocycles. The molecule has 1 aromatic rings. The fraction of sp³-hybridized carbons (Fsp3) is 0.667. The Morgan fingerprint density at radius 2 is 1.90 bits per heavy atom. The third kappa shape index (κ3) is 2.13. The quantitative estimate of drug-likeness (QED) is 0.900. The highest BCUT2D eigenvalue weighted by Gasteiger charge is 2.45. The van der Waals surface area contributed by atoms with Crippen LogP contribution >= 0.6 is 0 Å². The molecule has 112 valence electrons. The Kier molecular flexibility index (Phi) is 2.80. The molecular weight excluding hydrogens is 268 g/mol. The first-order valence-corrected chi connectivity index (χ1v) is 7.70. The zero-order valence-electron chi connectivity index (χ0n) is 12.0. The van der Waals surface area contributed by atoms with Crippen molar-refractivity contribution >= 4 is 11.9 Å². The third-order valence-corrected chi connectivity index (χ3v) is 5.27. The molecule has 2 aliphatic heterocycles. The Balaban J connectivity index is 1.36. The topological polar surface area (TPSA) is 69.6 Å². The highest BCUT2D eigenvalue weighted by atomic mass is 16.4. The van der Waals surface area contributed by atoms with Gasteiger partial charge in [-0.05, 0) is 12.8 Å². The number of hydrogen-bond acceptors (Lipinski definition) is 4. The highest BCUT2D eigenvalue weighted by molar-refractivity contribution is 5.66. The molecule has 3 aliphatic rings. The Morgan fingerprint density at radius 3 is 2.48 bits per heavy atom. The summed E-state index contributed by atoms with van der Waals surface area (Å²) >= 11 is 0. The van der Waals surface area contributed by atoms with Gasteiger partial charge in [0.2, 0.25) is 0 Å². The van der Waals surface area contributed by atoms with Crippen LogP contribution in [0.25, 0.3) is 0 Å². The fourth-order valence-corrected chi connectivity index (χ4v) is 3.89. The van der Waals surface area contributed by atoms with Crippen LogP contribution < -0.4 is 4.90 Å². The van der Waals surface area contributed by atoms with E-state index in [0.29, 0.717) is 18.5 Å². The zero-order valence-corrected chi connectivity index (χ0v) is 12.0. The lowest BCUT2D eigenvalue weighted by Gasteiger charge is -2.49. The first-order valence-electron chi connectivity index (χ1n) is 7.70. The van der Waals surface area contributed by atoms with E-state index in [1.807, 2.05) is 12.4 Å². The number of amides is 1.